The number of ether oxygens (including phenoxy) is 3. The zero-order chi connectivity index (χ0) is 24.2. The number of hydrogen-bond donors (Lipinski definition) is 2. The van der Waals surface area contributed by atoms with Crippen LogP contribution in [-0.2, 0) is 16.0 Å². The van der Waals surface area contributed by atoms with Crippen LogP contribution in [0.2, 0.25) is 0 Å². The average molecular weight is 459 g/mol. The molecule has 0 aliphatic rings. The zero-order valence-electron chi connectivity index (χ0n) is 19.7. The Bertz CT molecular complexity index is 885. The molecule has 2 amide bonds. The Kier molecular flexibility index (Phi) is 10.5. The zero-order valence-corrected chi connectivity index (χ0v) is 19.7. The maximum absolute atomic E-state index is 12.8. The van der Waals surface area contributed by atoms with Crippen LogP contribution < -0.4 is 14.8 Å². The van der Waals surface area contributed by atoms with Crippen LogP contribution in [0.15, 0.2) is 48.5 Å². The van der Waals surface area contributed by atoms with Gasteiger partial charge in [-0.15, -0.1) is 0 Å². The van der Waals surface area contributed by atoms with E-state index in [2.05, 4.69) is 19.2 Å². The van der Waals surface area contributed by atoms with Gasteiger partial charge in [0, 0.05) is 31.3 Å². The molecule has 33 heavy (non-hydrogen) atoms. The Morgan fingerprint density at radius 1 is 1.09 bits per heavy atom. The van der Waals surface area contributed by atoms with Crippen LogP contribution in [0, 0.1) is 5.92 Å². The fraction of sp³-hybridized carbons (Fsp3) is 0.440. The highest BCUT2D eigenvalue weighted by atomic mass is 16.5. The Labute approximate surface area is 195 Å². The molecule has 1 unspecified atom stereocenters. The number of carbonyl (C=O) groups excluding carboxylic acids is 1. The molecule has 0 spiro atoms. The van der Waals surface area contributed by atoms with E-state index in [-0.39, 0.29) is 12.5 Å². The maximum atomic E-state index is 12.8. The Morgan fingerprint density at radius 2 is 1.82 bits per heavy atom. The third-order valence-electron chi connectivity index (χ3n) is 4.81. The van der Waals surface area contributed by atoms with Gasteiger partial charge in [0.1, 0.15) is 18.1 Å². The van der Waals surface area contributed by atoms with Gasteiger partial charge >= 0.3 is 12.0 Å². The number of rotatable bonds is 13. The number of urea groups is 1. The monoisotopic (exact) mass is 458 g/mol. The number of carboxylic acids is 1. The summed E-state index contributed by atoms with van der Waals surface area (Å²) in [5.74, 6) is 0.646. The lowest BCUT2D eigenvalue weighted by Gasteiger charge is -2.25. The highest BCUT2D eigenvalue weighted by Crippen LogP contribution is 2.18. The quantitative estimate of drug-likeness (QED) is 0.465. The second-order valence-electron chi connectivity index (χ2n) is 7.98. The van der Waals surface area contributed by atoms with E-state index < -0.39 is 12.1 Å². The summed E-state index contributed by atoms with van der Waals surface area (Å²) < 4.78 is 16.3. The third kappa shape index (κ3) is 9.02. The molecule has 2 N–H and O–H groups in total. The van der Waals surface area contributed by atoms with Crippen molar-refractivity contribution < 1.29 is 28.9 Å². The van der Waals surface area contributed by atoms with Gasteiger partial charge in [0.05, 0.1) is 13.7 Å². The van der Waals surface area contributed by atoms with Gasteiger partial charge in [-0.2, -0.15) is 0 Å². The summed E-state index contributed by atoms with van der Waals surface area (Å²) in [5, 5.41) is 12.1. The molecule has 0 fully saturated rings. The lowest BCUT2D eigenvalue weighted by atomic mass is 10.1. The first kappa shape index (κ1) is 26.0. The molecule has 0 saturated heterocycles. The van der Waals surface area contributed by atoms with Crippen molar-refractivity contribution in [3.05, 3.63) is 54.1 Å². The van der Waals surface area contributed by atoms with E-state index in [1.807, 2.05) is 30.3 Å². The number of methoxy groups -OCH3 is 1. The van der Waals surface area contributed by atoms with E-state index in [1.54, 1.807) is 37.1 Å². The second-order valence-corrected chi connectivity index (χ2v) is 7.98. The Hall–Kier alpha value is -3.26. The SMILES string of the molecule is CCOC(Cc1ccc(OCCN(CC(C)C)C(=O)Nc2cccc(OC)c2)cc1)C(=O)O. The molecular weight excluding hydrogens is 424 g/mol. The number of nitrogens with zero attached hydrogens (tertiary/aromatic N) is 1. The summed E-state index contributed by atoms with van der Waals surface area (Å²) in [6.45, 7) is 7.56. The van der Waals surface area contributed by atoms with Crippen molar-refractivity contribution in [2.45, 2.75) is 33.3 Å². The van der Waals surface area contributed by atoms with Crippen LogP contribution in [0.25, 0.3) is 0 Å². The van der Waals surface area contributed by atoms with Crippen LogP contribution in [-0.4, -0.2) is 61.5 Å². The predicted octanol–water partition coefficient (Wildman–Crippen LogP) is 4.30. The van der Waals surface area contributed by atoms with Crippen molar-refractivity contribution in [2.24, 2.45) is 5.92 Å². The molecule has 1 atom stereocenters. The van der Waals surface area contributed by atoms with Crippen molar-refractivity contribution >= 4 is 17.7 Å². The standard InChI is InChI=1S/C25H34N2O6/c1-5-32-23(24(28)29)15-19-9-11-21(12-10-19)33-14-13-27(17-18(2)3)25(30)26-20-7-6-8-22(16-20)31-4/h6-12,16,18,23H,5,13-15,17H2,1-4H3,(H,26,30)(H,28,29). The Morgan fingerprint density at radius 3 is 2.42 bits per heavy atom. The lowest BCUT2D eigenvalue weighted by molar-refractivity contribution is -0.149. The minimum absolute atomic E-state index is 0.202. The minimum Gasteiger partial charge on any atom is -0.497 e. The number of carboxylic acid groups (broad SMARTS) is 1. The second kappa shape index (κ2) is 13.3. The fourth-order valence-corrected chi connectivity index (χ4v) is 3.25. The van der Waals surface area contributed by atoms with Gasteiger partial charge in [-0.1, -0.05) is 32.0 Å². The third-order valence-corrected chi connectivity index (χ3v) is 4.81. The molecule has 0 aliphatic heterocycles. The van der Waals surface area contributed by atoms with Crippen molar-refractivity contribution in [1.29, 1.82) is 0 Å². The van der Waals surface area contributed by atoms with E-state index in [0.717, 1.165) is 5.56 Å². The first-order chi connectivity index (χ1) is 15.8. The van der Waals surface area contributed by atoms with Crippen LogP contribution in [0.1, 0.15) is 26.3 Å². The van der Waals surface area contributed by atoms with Gasteiger partial charge in [0.2, 0.25) is 0 Å². The highest BCUT2D eigenvalue weighted by molar-refractivity contribution is 5.89. The molecule has 0 aromatic heterocycles. The van der Waals surface area contributed by atoms with Gasteiger partial charge in [-0.25, -0.2) is 9.59 Å². The minimum atomic E-state index is -0.977. The van der Waals surface area contributed by atoms with Crippen molar-refractivity contribution in [3.63, 3.8) is 0 Å². The van der Waals surface area contributed by atoms with Crippen LogP contribution in [0.4, 0.5) is 10.5 Å². The molecule has 2 aromatic rings. The number of amides is 2. The molecule has 180 valence electrons. The highest BCUT2D eigenvalue weighted by Gasteiger charge is 2.18. The molecule has 2 rings (SSSR count). The van der Waals surface area contributed by atoms with Gasteiger partial charge in [-0.05, 0) is 42.7 Å². The maximum Gasteiger partial charge on any atom is 0.333 e. The molecule has 0 saturated carbocycles. The van der Waals surface area contributed by atoms with E-state index in [9.17, 15) is 14.7 Å². The topological polar surface area (TPSA) is 97.3 Å². The van der Waals surface area contributed by atoms with E-state index in [4.69, 9.17) is 14.2 Å². The Balaban J connectivity index is 1.91. The number of aliphatic carboxylic acids is 1. The summed E-state index contributed by atoms with van der Waals surface area (Å²) in [6.07, 6.45) is -0.578. The van der Waals surface area contributed by atoms with Crippen LogP contribution in [0.5, 0.6) is 11.5 Å². The van der Waals surface area contributed by atoms with Gasteiger partial charge in [0.25, 0.3) is 0 Å². The number of hydrogen-bond acceptors (Lipinski definition) is 5. The number of nitrogens with one attached hydrogen (secondary N) is 1. The molecule has 0 radical (unpaired) electrons. The van der Waals surface area contributed by atoms with E-state index in [0.29, 0.717) is 49.4 Å². The predicted molar refractivity (Wildman–Crippen MR) is 127 cm³/mol. The number of carbonyl (C=O) groups is 2. The largest absolute Gasteiger partial charge is 0.497 e. The van der Waals surface area contributed by atoms with E-state index >= 15 is 0 Å². The smallest absolute Gasteiger partial charge is 0.333 e. The summed E-state index contributed by atoms with van der Waals surface area (Å²) in [7, 11) is 1.58. The molecule has 8 heteroatoms. The molecular formula is C25H34N2O6. The van der Waals surface area contributed by atoms with Crippen LogP contribution in [0.3, 0.4) is 0 Å². The molecule has 2 aromatic carbocycles. The molecule has 8 nitrogen and oxygen atoms in total. The summed E-state index contributed by atoms with van der Waals surface area (Å²) >= 11 is 0. The van der Waals surface area contributed by atoms with Crippen molar-refractivity contribution in [3.8, 4) is 11.5 Å². The number of anilines is 1. The summed E-state index contributed by atoms with van der Waals surface area (Å²) in [4.78, 5) is 25.8. The lowest BCUT2D eigenvalue weighted by Crippen LogP contribution is -2.40. The van der Waals surface area contributed by atoms with Gasteiger partial charge in [-0.3, -0.25) is 0 Å². The summed E-state index contributed by atoms with van der Waals surface area (Å²) in [6, 6.07) is 14.3. The van der Waals surface area contributed by atoms with E-state index in [1.165, 1.54) is 0 Å². The van der Waals surface area contributed by atoms with Crippen molar-refractivity contribution in [2.75, 3.05) is 38.7 Å². The average Bonchev–Trinajstić information content (AvgIpc) is 2.79. The van der Waals surface area contributed by atoms with Crippen LogP contribution >= 0.6 is 0 Å². The molecule has 0 bridgehead atoms. The first-order valence-electron chi connectivity index (χ1n) is 11.1. The van der Waals surface area contributed by atoms with Gasteiger partial charge < -0.3 is 29.5 Å². The molecule has 0 heterocycles. The fourth-order valence-electron chi connectivity index (χ4n) is 3.25. The molecule has 0 aliphatic carbocycles. The normalized spacial score (nSPS) is 11.7. The first-order valence-corrected chi connectivity index (χ1v) is 11.1. The number of benzene rings is 2. The van der Waals surface area contributed by atoms with Gasteiger partial charge in [0.15, 0.2) is 6.10 Å². The summed E-state index contributed by atoms with van der Waals surface area (Å²) in [5.41, 5.74) is 1.51. The van der Waals surface area contributed by atoms with Crippen molar-refractivity contribution in [1.82, 2.24) is 4.90 Å².